The summed E-state index contributed by atoms with van der Waals surface area (Å²) in [6, 6.07) is 7.58. The van der Waals surface area contributed by atoms with E-state index >= 15 is 0 Å². The van der Waals surface area contributed by atoms with Gasteiger partial charge < -0.3 is 15.3 Å². The second kappa shape index (κ2) is 4.22. The largest absolute Gasteiger partial charge is 0.508 e. The molecule has 17 heavy (non-hydrogen) atoms. The van der Waals surface area contributed by atoms with Crippen molar-refractivity contribution < 1.29 is 5.11 Å². The summed E-state index contributed by atoms with van der Waals surface area (Å²) in [6.07, 6.45) is 3.93. The van der Waals surface area contributed by atoms with Gasteiger partial charge in [0.1, 0.15) is 5.75 Å². The zero-order chi connectivity index (χ0) is 11.7. The van der Waals surface area contributed by atoms with E-state index in [0.29, 0.717) is 11.2 Å². The first-order valence-corrected chi connectivity index (χ1v) is 6.52. The summed E-state index contributed by atoms with van der Waals surface area (Å²) in [4.78, 5) is 2.43. The van der Waals surface area contributed by atoms with E-state index in [1.165, 1.54) is 38.0 Å². The topological polar surface area (TPSA) is 35.5 Å². The maximum absolute atomic E-state index is 9.30. The molecule has 0 amide bonds. The number of nitrogens with one attached hydrogen (secondary N) is 1. The third-order valence-corrected chi connectivity index (χ3v) is 4.37. The van der Waals surface area contributed by atoms with E-state index in [4.69, 9.17) is 0 Å². The van der Waals surface area contributed by atoms with Crippen molar-refractivity contribution in [3.8, 4) is 5.75 Å². The van der Waals surface area contributed by atoms with Crippen LogP contribution >= 0.6 is 0 Å². The molecule has 2 N–H and O–H groups in total. The molecule has 2 aliphatic heterocycles. The van der Waals surface area contributed by atoms with Crippen molar-refractivity contribution >= 4 is 5.69 Å². The molecule has 1 aromatic rings. The molecule has 0 aliphatic carbocycles. The monoisotopic (exact) mass is 232 g/mol. The number of phenols is 1. The first kappa shape index (κ1) is 10.9. The van der Waals surface area contributed by atoms with Gasteiger partial charge in [-0.15, -0.1) is 0 Å². The van der Waals surface area contributed by atoms with Crippen LogP contribution in [0.15, 0.2) is 24.3 Å². The first-order valence-electron chi connectivity index (χ1n) is 6.52. The van der Waals surface area contributed by atoms with Crippen LogP contribution in [0.1, 0.15) is 19.3 Å². The number of hydrogen-bond acceptors (Lipinski definition) is 3. The number of piperidine rings is 1. The van der Waals surface area contributed by atoms with Crippen LogP contribution in [0, 0.1) is 5.41 Å². The van der Waals surface area contributed by atoms with E-state index in [0.717, 1.165) is 13.1 Å². The first-order chi connectivity index (χ1) is 8.27. The maximum atomic E-state index is 9.30. The predicted octanol–water partition coefficient (Wildman–Crippen LogP) is 1.97. The highest BCUT2D eigenvalue weighted by Gasteiger charge is 2.36. The molecule has 1 aromatic carbocycles. The Hall–Kier alpha value is -1.22. The summed E-state index contributed by atoms with van der Waals surface area (Å²) in [7, 11) is 0. The number of anilines is 1. The normalized spacial score (nSPS) is 23.2. The van der Waals surface area contributed by atoms with Gasteiger partial charge in [-0.25, -0.2) is 0 Å². The Morgan fingerprint density at radius 2 is 1.76 bits per heavy atom. The summed E-state index contributed by atoms with van der Waals surface area (Å²) in [6.45, 7) is 4.69. The fourth-order valence-electron chi connectivity index (χ4n) is 3.12. The van der Waals surface area contributed by atoms with Gasteiger partial charge in [0.05, 0.1) is 0 Å². The van der Waals surface area contributed by atoms with Crippen LogP contribution in [0.4, 0.5) is 5.69 Å². The Kier molecular flexibility index (Phi) is 2.71. The zero-order valence-electron chi connectivity index (χ0n) is 10.2. The number of hydrogen-bond donors (Lipinski definition) is 2. The van der Waals surface area contributed by atoms with Crippen LogP contribution in [0.3, 0.4) is 0 Å². The summed E-state index contributed by atoms with van der Waals surface area (Å²) >= 11 is 0. The zero-order valence-corrected chi connectivity index (χ0v) is 10.2. The van der Waals surface area contributed by atoms with Gasteiger partial charge in [-0.3, -0.25) is 0 Å². The summed E-state index contributed by atoms with van der Waals surface area (Å²) in [5, 5.41) is 12.8. The molecular formula is C14H20N2O. The molecule has 1 spiro atoms. The lowest BCUT2D eigenvalue weighted by Gasteiger charge is -2.40. The minimum Gasteiger partial charge on any atom is -0.508 e. The van der Waals surface area contributed by atoms with Crippen molar-refractivity contribution in [1.29, 1.82) is 0 Å². The Bertz CT molecular complexity index is 372. The number of benzene rings is 1. The minimum absolute atomic E-state index is 0.349. The number of rotatable bonds is 1. The highest BCUT2D eigenvalue weighted by molar-refractivity contribution is 5.49. The summed E-state index contributed by atoms with van der Waals surface area (Å²) in [5.74, 6) is 0.349. The SMILES string of the molecule is Oc1ccc(N2CCC3(CCNC3)CC2)cc1. The molecule has 92 valence electrons. The van der Waals surface area contributed by atoms with E-state index < -0.39 is 0 Å². The van der Waals surface area contributed by atoms with E-state index in [-0.39, 0.29) is 0 Å². The molecule has 0 unspecified atom stereocenters. The molecule has 2 aliphatic rings. The lowest BCUT2D eigenvalue weighted by atomic mass is 9.78. The molecule has 2 fully saturated rings. The highest BCUT2D eigenvalue weighted by atomic mass is 16.3. The van der Waals surface area contributed by atoms with E-state index in [1.54, 1.807) is 12.1 Å². The fraction of sp³-hybridized carbons (Fsp3) is 0.571. The quantitative estimate of drug-likeness (QED) is 0.777. The van der Waals surface area contributed by atoms with Gasteiger partial charge in [-0.2, -0.15) is 0 Å². The lowest BCUT2D eigenvalue weighted by Crippen LogP contribution is -2.41. The molecule has 3 nitrogen and oxygen atoms in total. The van der Waals surface area contributed by atoms with Crippen molar-refractivity contribution in [2.45, 2.75) is 19.3 Å². The van der Waals surface area contributed by atoms with Crippen molar-refractivity contribution in [2.24, 2.45) is 5.41 Å². The van der Waals surface area contributed by atoms with Crippen molar-refractivity contribution in [2.75, 3.05) is 31.1 Å². The third-order valence-electron chi connectivity index (χ3n) is 4.37. The van der Waals surface area contributed by atoms with Crippen LogP contribution in [0.5, 0.6) is 5.75 Å². The van der Waals surface area contributed by atoms with Gasteiger partial charge >= 0.3 is 0 Å². The number of nitrogens with zero attached hydrogens (tertiary/aromatic N) is 1. The maximum Gasteiger partial charge on any atom is 0.115 e. The Labute approximate surface area is 102 Å². The molecule has 3 heteroatoms. The van der Waals surface area contributed by atoms with Crippen molar-refractivity contribution in [3.05, 3.63) is 24.3 Å². The highest BCUT2D eigenvalue weighted by Crippen LogP contribution is 2.38. The molecule has 2 heterocycles. The molecule has 0 saturated carbocycles. The fourth-order valence-corrected chi connectivity index (χ4v) is 3.12. The van der Waals surface area contributed by atoms with Gasteiger partial charge in [0.15, 0.2) is 0 Å². The van der Waals surface area contributed by atoms with E-state index in [1.807, 2.05) is 12.1 Å². The molecule has 0 bridgehead atoms. The summed E-state index contributed by atoms with van der Waals surface area (Å²) < 4.78 is 0. The van der Waals surface area contributed by atoms with E-state index in [9.17, 15) is 5.11 Å². The molecule has 0 radical (unpaired) electrons. The minimum atomic E-state index is 0.349. The van der Waals surface area contributed by atoms with Gasteiger partial charge in [0.2, 0.25) is 0 Å². The second-order valence-electron chi connectivity index (χ2n) is 5.43. The second-order valence-corrected chi connectivity index (χ2v) is 5.43. The van der Waals surface area contributed by atoms with Crippen molar-refractivity contribution in [3.63, 3.8) is 0 Å². The Morgan fingerprint density at radius 1 is 1.06 bits per heavy atom. The molecule has 2 saturated heterocycles. The van der Waals surface area contributed by atoms with Gasteiger partial charge in [-0.1, -0.05) is 0 Å². The van der Waals surface area contributed by atoms with Gasteiger partial charge in [-0.05, 0) is 55.5 Å². The van der Waals surface area contributed by atoms with Crippen LogP contribution in [-0.2, 0) is 0 Å². The van der Waals surface area contributed by atoms with Crippen molar-refractivity contribution in [1.82, 2.24) is 5.32 Å². The molecular weight excluding hydrogens is 212 g/mol. The van der Waals surface area contributed by atoms with E-state index in [2.05, 4.69) is 10.2 Å². The Morgan fingerprint density at radius 3 is 2.35 bits per heavy atom. The molecule has 0 aromatic heterocycles. The van der Waals surface area contributed by atoms with Crippen LogP contribution in [0.25, 0.3) is 0 Å². The average molecular weight is 232 g/mol. The van der Waals surface area contributed by atoms with Crippen LogP contribution < -0.4 is 10.2 Å². The van der Waals surface area contributed by atoms with Gasteiger partial charge in [0.25, 0.3) is 0 Å². The van der Waals surface area contributed by atoms with Crippen LogP contribution in [-0.4, -0.2) is 31.3 Å². The predicted molar refractivity (Wildman–Crippen MR) is 69.5 cm³/mol. The number of aromatic hydroxyl groups is 1. The van der Waals surface area contributed by atoms with Crippen LogP contribution in [0.2, 0.25) is 0 Å². The average Bonchev–Trinajstić information content (AvgIpc) is 2.80. The Balaban J connectivity index is 1.66. The smallest absolute Gasteiger partial charge is 0.115 e. The molecule has 0 atom stereocenters. The molecule has 3 rings (SSSR count). The lowest BCUT2D eigenvalue weighted by molar-refractivity contribution is 0.247. The third kappa shape index (κ3) is 2.12. The number of phenolic OH excluding ortho intramolecular Hbond substituents is 1. The summed E-state index contributed by atoms with van der Waals surface area (Å²) in [5.41, 5.74) is 1.82. The standard InChI is InChI=1S/C14H20N2O/c17-13-3-1-12(2-4-13)16-9-6-14(7-10-16)5-8-15-11-14/h1-4,15,17H,5-11H2. The van der Waals surface area contributed by atoms with Gasteiger partial charge in [0, 0.05) is 25.3 Å².